The minimum atomic E-state index is -0.855. The third-order valence-corrected chi connectivity index (χ3v) is 1.77. The minimum absolute atomic E-state index is 0.285. The summed E-state index contributed by atoms with van der Waals surface area (Å²) in [6, 6.07) is 3.49. The standard InChI is InChI=1S/C9H14N2O2/c1-11(2)9-7(8(13)6-12)4-3-5-10-9/h3-5,8,12-13H,6H2,1-2H3. The van der Waals surface area contributed by atoms with Crippen LogP contribution in [0.15, 0.2) is 18.3 Å². The summed E-state index contributed by atoms with van der Waals surface area (Å²) in [5.74, 6) is 0.684. The average molecular weight is 182 g/mol. The van der Waals surface area contributed by atoms with E-state index in [1.165, 1.54) is 0 Å². The van der Waals surface area contributed by atoms with Gasteiger partial charge >= 0.3 is 0 Å². The molecule has 1 unspecified atom stereocenters. The Morgan fingerprint density at radius 1 is 1.54 bits per heavy atom. The Morgan fingerprint density at radius 3 is 2.77 bits per heavy atom. The van der Waals surface area contributed by atoms with Gasteiger partial charge in [0, 0.05) is 25.9 Å². The lowest BCUT2D eigenvalue weighted by molar-refractivity contribution is 0.0957. The molecule has 0 aliphatic carbocycles. The van der Waals surface area contributed by atoms with E-state index in [0.717, 1.165) is 0 Å². The first-order valence-electron chi connectivity index (χ1n) is 4.08. The number of aromatic nitrogens is 1. The Labute approximate surface area is 77.5 Å². The molecule has 1 heterocycles. The average Bonchev–Trinajstić information content (AvgIpc) is 2.16. The quantitative estimate of drug-likeness (QED) is 0.699. The van der Waals surface area contributed by atoms with Gasteiger partial charge in [0.25, 0.3) is 0 Å². The Bertz CT molecular complexity index is 276. The maximum atomic E-state index is 9.44. The number of nitrogens with zero attached hydrogens (tertiary/aromatic N) is 2. The van der Waals surface area contributed by atoms with E-state index in [9.17, 15) is 5.11 Å². The van der Waals surface area contributed by atoms with Gasteiger partial charge in [0.1, 0.15) is 11.9 Å². The molecule has 72 valence electrons. The third kappa shape index (κ3) is 2.17. The van der Waals surface area contributed by atoms with Crippen molar-refractivity contribution < 1.29 is 10.2 Å². The molecule has 0 saturated carbocycles. The van der Waals surface area contributed by atoms with Gasteiger partial charge in [0.2, 0.25) is 0 Å². The minimum Gasteiger partial charge on any atom is -0.393 e. The molecule has 0 radical (unpaired) electrons. The highest BCUT2D eigenvalue weighted by atomic mass is 16.3. The third-order valence-electron chi connectivity index (χ3n) is 1.77. The van der Waals surface area contributed by atoms with Crippen molar-refractivity contribution >= 4 is 5.82 Å². The molecule has 0 saturated heterocycles. The van der Waals surface area contributed by atoms with Crippen molar-refractivity contribution in [1.29, 1.82) is 0 Å². The largest absolute Gasteiger partial charge is 0.393 e. The molecule has 4 heteroatoms. The SMILES string of the molecule is CN(C)c1ncccc1C(O)CO. The number of hydrogen-bond donors (Lipinski definition) is 2. The molecular weight excluding hydrogens is 168 g/mol. The lowest BCUT2D eigenvalue weighted by Gasteiger charge is -2.17. The molecule has 0 aliphatic heterocycles. The van der Waals surface area contributed by atoms with Crippen LogP contribution in [-0.2, 0) is 0 Å². The van der Waals surface area contributed by atoms with Crippen LogP contribution in [0.5, 0.6) is 0 Å². The van der Waals surface area contributed by atoms with Gasteiger partial charge < -0.3 is 15.1 Å². The molecule has 4 nitrogen and oxygen atoms in total. The van der Waals surface area contributed by atoms with E-state index in [4.69, 9.17) is 5.11 Å². The first-order chi connectivity index (χ1) is 6.16. The predicted molar refractivity (Wildman–Crippen MR) is 50.6 cm³/mol. The van der Waals surface area contributed by atoms with Crippen molar-refractivity contribution in [3.8, 4) is 0 Å². The highest BCUT2D eigenvalue weighted by Crippen LogP contribution is 2.21. The number of hydrogen-bond acceptors (Lipinski definition) is 4. The van der Waals surface area contributed by atoms with Gasteiger partial charge in [-0.1, -0.05) is 6.07 Å². The van der Waals surface area contributed by atoms with Gasteiger partial charge in [-0.15, -0.1) is 0 Å². The monoisotopic (exact) mass is 182 g/mol. The highest BCUT2D eigenvalue weighted by Gasteiger charge is 2.12. The summed E-state index contributed by atoms with van der Waals surface area (Å²) in [6.07, 6.45) is 0.800. The second-order valence-electron chi connectivity index (χ2n) is 3.01. The second kappa shape index (κ2) is 4.20. The summed E-state index contributed by atoms with van der Waals surface area (Å²) in [5.41, 5.74) is 0.648. The predicted octanol–water partition coefficient (Wildman–Crippen LogP) is 0.173. The molecule has 1 rings (SSSR count). The van der Waals surface area contributed by atoms with Crippen LogP contribution in [0, 0.1) is 0 Å². The molecule has 0 aromatic carbocycles. The lowest BCUT2D eigenvalue weighted by atomic mass is 10.1. The van der Waals surface area contributed by atoms with E-state index >= 15 is 0 Å². The van der Waals surface area contributed by atoms with E-state index in [-0.39, 0.29) is 6.61 Å². The Hall–Kier alpha value is -1.13. The number of rotatable bonds is 3. The van der Waals surface area contributed by atoms with Crippen LogP contribution < -0.4 is 4.90 Å². The molecule has 2 N–H and O–H groups in total. The van der Waals surface area contributed by atoms with Crippen LogP contribution in [-0.4, -0.2) is 35.9 Å². The van der Waals surface area contributed by atoms with Crippen molar-refractivity contribution in [2.75, 3.05) is 25.6 Å². The summed E-state index contributed by atoms with van der Waals surface area (Å²) in [4.78, 5) is 5.90. The molecule has 1 aromatic heterocycles. The van der Waals surface area contributed by atoms with E-state index < -0.39 is 6.10 Å². The van der Waals surface area contributed by atoms with Crippen molar-refractivity contribution in [1.82, 2.24) is 4.98 Å². The second-order valence-corrected chi connectivity index (χ2v) is 3.01. The van der Waals surface area contributed by atoms with Crippen LogP contribution in [0.3, 0.4) is 0 Å². The van der Waals surface area contributed by atoms with Crippen LogP contribution in [0.4, 0.5) is 5.82 Å². The van der Waals surface area contributed by atoms with Crippen LogP contribution in [0.1, 0.15) is 11.7 Å². The number of aliphatic hydroxyl groups excluding tert-OH is 2. The fraction of sp³-hybridized carbons (Fsp3) is 0.444. The molecule has 1 atom stereocenters. The number of aliphatic hydroxyl groups is 2. The zero-order valence-corrected chi connectivity index (χ0v) is 7.81. The Morgan fingerprint density at radius 2 is 2.23 bits per heavy atom. The summed E-state index contributed by atoms with van der Waals surface area (Å²) < 4.78 is 0. The maximum Gasteiger partial charge on any atom is 0.133 e. The smallest absolute Gasteiger partial charge is 0.133 e. The van der Waals surface area contributed by atoms with Crippen molar-refractivity contribution in [2.45, 2.75) is 6.10 Å². The Kier molecular flexibility index (Phi) is 3.22. The van der Waals surface area contributed by atoms with E-state index in [1.54, 1.807) is 23.2 Å². The molecule has 0 bridgehead atoms. The topological polar surface area (TPSA) is 56.6 Å². The van der Waals surface area contributed by atoms with Gasteiger partial charge in [-0.3, -0.25) is 0 Å². The molecule has 13 heavy (non-hydrogen) atoms. The normalized spacial score (nSPS) is 12.6. The molecule has 0 aliphatic rings. The van der Waals surface area contributed by atoms with Gasteiger partial charge in [-0.2, -0.15) is 0 Å². The first kappa shape index (κ1) is 9.95. The van der Waals surface area contributed by atoms with Crippen LogP contribution in [0.2, 0.25) is 0 Å². The molecular formula is C9H14N2O2. The van der Waals surface area contributed by atoms with E-state index in [1.807, 2.05) is 14.1 Å². The van der Waals surface area contributed by atoms with Crippen LogP contribution in [0.25, 0.3) is 0 Å². The van der Waals surface area contributed by atoms with Crippen molar-refractivity contribution in [3.05, 3.63) is 23.9 Å². The zero-order chi connectivity index (χ0) is 9.84. The number of anilines is 1. The molecule has 0 fully saturated rings. The number of pyridine rings is 1. The lowest BCUT2D eigenvalue weighted by Crippen LogP contribution is -2.16. The maximum absolute atomic E-state index is 9.44. The molecule has 0 spiro atoms. The summed E-state index contributed by atoms with van der Waals surface area (Å²) >= 11 is 0. The first-order valence-corrected chi connectivity index (χ1v) is 4.08. The van der Waals surface area contributed by atoms with Crippen molar-refractivity contribution in [3.63, 3.8) is 0 Å². The van der Waals surface area contributed by atoms with Crippen molar-refractivity contribution in [2.24, 2.45) is 0 Å². The Balaban J connectivity index is 3.04. The molecule has 0 amide bonds. The van der Waals surface area contributed by atoms with E-state index in [0.29, 0.717) is 11.4 Å². The van der Waals surface area contributed by atoms with Gasteiger partial charge in [0.15, 0.2) is 0 Å². The fourth-order valence-electron chi connectivity index (χ4n) is 1.14. The summed E-state index contributed by atoms with van der Waals surface area (Å²) in [7, 11) is 3.69. The van der Waals surface area contributed by atoms with Gasteiger partial charge in [0.05, 0.1) is 6.61 Å². The van der Waals surface area contributed by atoms with E-state index in [2.05, 4.69) is 4.98 Å². The van der Waals surface area contributed by atoms with Gasteiger partial charge in [-0.25, -0.2) is 4.98 Å². The zero-order valence-electron chi connectivity index (χ0n) is 7.81. The summed E-state index contributed by atoms with van der Waals surface area (Å²) in [6.45, 7) is -0.285. The summed E-state index contributed by atoms with van der Waals surface area (Å²) in [5, 5.41) is 18.2. The van der Waals surface area contributed by atoms with Crippen LogP contribution >= 0.6 is 0 Å². The molecule has 1 aromatic rings. The fourth-order valence-corrected chi connectivity index (χ4v) is 1.14. The highest BCUT2D eigenvalue weighted by molar-refractivity contribution is 5.46. The van der Waals surface area contributed by atoms with Gasteiger partial charge in [-0.05, 0) is 6.07 Å².